The zero-order chi connectivity index (χ0) is 19.1. The molecule has 5 rings (SSSR count). The number of fused-ring (bicyclic) bond motifs is 2. The van der Waals surface area contributed by atoms with Crippen LogP contribution in [-0.2, 0) is 12.8 Å². The first-order chi connectivity index (χ1) is 13.7. The number of aryl methyl sites for hydroxylation is 1. The van der Waals surface area contributed by atoms with Gasteiger partial charge in [-0.2, -0.15) is 4.98 Å². The first-order valence-corrected chi connectivity index (χ1v) is 9.84. The summed E-state index contributed by atoms with van der Waals surface area (Å²) in [4.78, 5) is 4.56. The normalized spacial score (nSPS) is 18.0. The molecule has 0 amide bonds. The lowest BCUT2D eigenvalue weighted by molar-refractivity contribution is 0.171. The predicted octanol–water partition coefficient (Wildman–Crippen LogP) is 4.09. The third-order valence-electron chi connectivity index (χ3n) is 5.24. The third-order valence-corrected chi connectivity index (χ3v) is 5.52. The molecular weight excluding hydrogens is 378 g/mol. The monoisotopic (exact) mass is 397 g/mol. The number of halogens is 1. The highest BCUT2D eigenvalue weighted by atomic mass is 35.5. The van der Waals surface area contributed by atoms with Gasteiger partial charge in [-0.05, 0) is 60.2 Å². The molecule has 1 aromatic heterocycles. The number of rotatable bonds is 3. The second-order valence-electron chi connectivity index (χ2n) is 7.21. The fourth-order valence-corrected chi connectivity index (χ4v) is 4.16. The number of hydrogen-bond donors (Lipinski definition) is 1. The van der Waals surface area contributed by atoms with Crippen LogP contribution in [-0.4, -0.2) is 23.4 Å². The highest BCUT2D eigenvalue weighted by molar-refractivity contribution is 6.32. The molecule has 0 saturated carbocycles. The maximum Gasteiger partial charge on any atom is 0.257 e. The van der Waals surface area contributed by atoms with Crippen molar-refractivity contribution < 1.29 is 14.0 Å². The topological polar surface area (TPSA) is 83.4 Å². The Morgan fingerprint density at radius 3 is 2.96 bits per heavy atom. The molecule has 1 aliphatic heterocycles. The van der Waals surface area contributed by atoms with Crippen molar-refractivity contribution >= 4 is 11.6 Å². The van der Waals surface area contributed by atoms with E-state index in [0.29, 0.717) is 47.9 Å². The Labute approximate surface area is 167 Å². The summed E-state index contributed by atoms with van der Waals surface area (Å²) in [6, 6.07) is 10.1. The van der Waals surface area contributed by atoms with Gasteiger partial charge < -0.3 is 19.7 Å². The van der Waals surface area contributed by atoms with E-state index in [0.717, 1.165) is 30.4 Å². The SMILES string of the molecule is NC1CCCc2cc(-c3nc(Cc4cc(Cl)c5c(c4)OCCO5)no3)ccc21. The molecule has 1 aliphatic carbocycles. The van der Waals surface area contributed by atoms with Gasteiger partial charge in [0.15, 0.2) is 17.3 Å². The number of hydrogen-bond acceptors (Lipinski definition) is 6. The Morgan fingerprint density at radius 2 is 2.04 bits per heavy atom. The quantitative estimate of drug-likeness (QED) is 0.716. The van der Waals surface area contributed by atoms with E-state index < -0.39 is 0 Å². The van der Waals surface area contributed by atoms with Crippen LogP contribution in [0.1, 0.15) is 41.4 Å². The number of nitrogens with zero attached hydrogens (tertiary/aromatic N) is 2. The van der Waals surface area contributed by atoms with Gasteiger partial charge >= 0.3 is 0 Å². The Bertz CT molecular complexity index is 1030. The van der Waals surface area contributed by atoms with Crippen LogP contribution in [0.4, 0.5) is 0 Å². The molecule has 2 aliphatic rings. The first-order valence-electron chi connectivity index (χ1n) is 9.47. The standard InChI is InChI=1S/C21H20ClN3O3/c22-16-8-12(9-18-20(16)27-7-6-26-18)10-19-24-21(28-25-19)14-4-5-15-13(11-14)2-1-3-17(15)23/h4-5,8-9,11,17H,1-3,6-7,10,23H2. The van der Waals surface area contributed by atoms with Crippen molar-refractivity contribution in [2.45, 2.75) is 31.7 Å². The van der Waals surface area contributed by atoms with Gasteiger partial charge in [0, 0.05) is 18.0 Å². The zero-order valence-corrected chi connectivity index (χ0v) is 16.0. The molecule has 6 nitrogen and oxygen atoms in total. The maximum absolute atomic E-state index is 6.31. The molecule has 2 heterocycles. The van der Waals surface area contributed by atoms with Crippen molar-refractivity contribution in [3.8, 4) is 23.0 Å². The second-order valence-corrected chi connectivity index (χ2v) is 7.61. The Hall–Kier alpha value is -2.57. The highest BCUT2D eigenvalue weighted by Crippen LogP contribution is 2.39. The predicted molar refractivity (Wildman–Crippen MR) is 105 cm³/mol. The van der Waals surface area contributed by atoms with E-state index in [1.165, 1.54) is 11.1 Å². The van der Waals surface area contributed by atoms with Crippen LogP contribution in [0.3, 0.4) is 0 Å². The van der Waals surface area contributed by atoms with Crippen LogP contribution in [0.2, 0.25) is 5.02 Å². The first kappa shape index (κ1) is 17.5. The van der Waals surface area contributed by atoms with Gasteiger partial charge in [0.1, 0.15) is 13.2 Å². The Morgan fingerprint density at radius 1 is 1.14 bits per heavy atom. The third kappa shape index (κ3) is 3.23. The Kier molecular flexibility index (Phi) is 4.45. The largest absolute Gasteiger partial charge is 0.486 e. The molecule has 0 bridgehead atoms. The summed E-state index contributed by atoms with van der Waals surface area (Å²) < 4.78 is 16.7. The van der Waals surface area contributed by atoms with Crippen LogP contribution in [0.25, 0.3) is 11.5 Å². The summed E-state index contributed by atoms with van der Waals surface area (Å²) in [6.07, 6.45) is 3.68. The van der Waals surface area contributed by atoms with Crippen LogP contribution in [0.15, 0.2) is 34.9 Å². The van der Waals surface area contributed by atoms with E-state index in [4.69, 9.17) is 31.3 Å². The summed E-state index contributed by atoms with van der Waals surface area (Å²) in [5.41, 5.74) is 10.6. The lowest BCUT2D eigenvalue weighted by Crippen LogP contribution is -2.17. The number of ether oxygens (including phenoxy) is 2. The molecule has 7 heteroatoms. The molecule has 0 spiro atoms. The molecular formula is C21H20ClN3O3. The average Bonchev–Trinajstić information content (AvgIpc) is 3.16. The minimum absolute atomic E-state index is 0.121. The van der Waals surface area contributed by atoms with Crippen molar-refractivity contribution in [3.05, 3.63) is 57.9 Å². The fourth-order valence-electron chi connectivity index (χ4n) is 3.88. The van der Waals surface area contributed by atoms with Gasteiger partial charge in [-0.3, -0.25) is 0 Å². The van der Waals surface area contributed by atoms with E-state index in [2.05, 4.69) is 22.3 Å². The van der Waals surface area contributed by atoms with E-state index in [-0.39, 0.29) is 6.04 Å². The van der Waals surface area contributed by atoms with Crippen LogP contribution in [0.5, 0.6) is 11.5 Å². The molecule has 0 radical (unpaired) electrons. The number of nitrogens with two attached hydrogens (primary N) is 1. The van der Waals surface area contributed by atoms with E-state index >= 15 is 0 Å². The van der Waals surface area contributed by atoms with Crippen LogP contribution >= 0.6 is 11.6 Å². The lowest BCUT2D eigenvalue weighted by Gasteiger charge is -2.22. The van der Waals surface area contributed by atoms with Gasteiger partial charge in [0.25, 0.3) is 5.89 Å². The molecule has 1 atom stereocenters. The maximum atomic E-state index is 6.31. The molecule has 0 fully saturated rings. The number of benzene rings is 2. The van der Waals surface area contributed by atoms with Gasteiger partial charge in [-0.25, -0.2) is 0 Å². The molecule has 3 aromatic rings. The van der Waals surface area contributed by atoms with Gasteiger partial charge in [-0.1, -0.05) is 22.8 Å². The minimum atomic E-state index is 0.121. The highest BCUT2D eigenvalue weighted by Gasteiger charge is 2.20. The minimum Gasteiger partial charge on any atom is -0.486 e. The van der Waals surface area contributed by atoms with Gasteiger partial charge in [0.2, 0.25) is 0 Å². The van der Waals surface area contributed by atoms with Gasteiger partial charge in [0.05, 0.1) is 5.02 Å². The fraction of sp³-hybridized carbons (Fsp3) is 0.333. The van der Waals surface area contributed by atoms with Crippen molar-refractivity contribution in [1.29, 1.82) is 0 Å². The number of aromatic nitrogens is 2. The van der Waals surface area contributed by atoms with Crippen molar-refractivity contribution in [2.75, 3.05) is 13.2 Å². The Balaban J connectivity index is 1.39. The van der Waals surface area contributed by atoms with Gasteiger partial charge in [-0.15, -0.1) is 0 Å². The zero-order valence-electron chi connectivity index (χ0n) is 15.3. The van der Waals surface area contributed by atoms with Crippen molar-refractivity contribution in [2.24, 2.45) is 5.73 Å². The van der Waals surface area contributed by atoms with E-state index in [1.54, 1.807) is 0 Å². The molecule has 2 N–H and O–H groups in total. The summed E-state index contributed by atoms with van der Waals surface area (Å²) >= 11 is 6.31. The van der Waals surface area contributed by atoms with Crippen LogP contribution in [0, 0.1) is 0 Å². The summed E-state index contributed by atoms with van der Waals surface area (Å²) in [6.45, 7) is 1.02. The summed E-state index contributed by atoms with van der Waals surface area (Å²) in [7, 11) is 0. The smallest absolute Gasteiger partial charge is 0.257 e. The van der Waals surface area contributed by atoms with Crippen molar-refractivity contribution in [1.82, 2.24) is 10.1 Å². The lowest BCUT2D eigenvalue weighted by atomic mass is 9.87. The van der Waals surface area contributed by atoms with Crippen LogP contribution < -0.4 is 15.2 Å². The molecule has 1 unspecified atom stereocenters. The average molecular weight is 398 g/mol. The summed E-state index contributed by atoms with van der Waals surface area (Å²) in [5.74, 6) is 2.36. The van der Waals surface area contributed by atoms with E-state index in [1.807, 2.05) is 18.2 Å². The molecule has 144 valence electrons. The molecule has 0 saturated heterocycles. The molecule has 2 aromatic carbocycles. The van der Waals surface area contributed by atoms with E-state index in [9.17, 15) is 0 Å². The molecule has 28 heavy (non-hydrogen) atoms. The second kappa shape index (κ2) is 7.11. The van der Waals surface area contributed by atoms with Crippen molar-refractivity contribution in [3.63, 3.8) is 0 Å². The summed E-state index contributed by atoms with van der Waals surface area (Å²) in [5, 5.41) is 4.66.